The second kappa shape index (κ2) is 7.69. The largest absolute Gasteiger partial charge is 0.353 e. The molecule has 1 unspecified atom stereocenters. The molecule has 1 saturated heterocycles. The Morgan fingerprint density at radius 2 is 2.18 bits per heavy atom. The van der Waals surface area contributed by atoms with Crippen molar-refractivity contribution in [1.82, 2.24) is 10.2 Å². The molecule has 0 radical (unpaired) electrons. The minimum Gasteiger partial charge on any atom is -0.353 e. The molecule has 1 aliphatic rings. The molecule has 1 aromatic rings. The van der Waals surface area contributed by atoms with E-state index in [4.69, 9.17) is 5.73 Å². The van der Waals surface area contributed by atoms with E-state index in [0.717, 1.165) is 12.8 Å². The number of benzene rings is 1. The van der Waals surface area contributed by atoms with Gasteiger partial charge in [-0.1, -0.05) is 0 Å². The molecule has 0 bridgehead atoms. The predicted octanol–water partition coefficient (Wildman–Crippen LogP) is 1.66. The number of rotatable bonds is 4. The molecule has 0 spiro atoms. The lowest BCUT2D eigenvalue weighted by Crippen LogP contribution is -2.52. The van der Waals surface area contributed by atoms with E-state index in [9.17, 15) is 14.0 Å². The van der Waals surface area contributed by atoms with E-state index >= 15 is 0 Å². The minimum absolute atomic E-state index is 0.198. The van der Waals surface area contributed by atoms with Gasteiger partial charge < -0.3 is 16.0 Å². The molecule has 22 heavy (non-hydrogen) atoms. The molecule has 3 N–H and O–H groups in total. The summed E-state index contributed by atoms with van der Waals surface area (Å²) in [5.74, 6) is -1.01. The van der Waals surface area contributed by atoms with Gasteiger partial charge in [0.1, 0.15) is 11.9 Å². The quantitative estimate of drug-likeness (QED) is 0.844. The van der Waals surface area contributed by atoms with Gasteiger partial charge in [-0.2, -0.15) is 0 Å². The molecular formula is C15H19BrFN3O2. The summed E-state index contributed by atoms with van der Waals surface area (Å²) in [6, 6.07) is 3.73. The minimum atomic E-state index is -0.514. The van der Waals surface area contributed by atoms with Crippen molar-refractivity contribution in [2.45, 2.75) is 25.3 Å². The maximum Gasteiger partial charge on any atom is 0.254 e. The van der Waals surface area contributed by atoms with Crippen molar-refractivity contribution in [3.05, 3.63) is 34.1 Å². The number of halogens is 2. The van der Waals surface area contributed by atoms with Crippen LogP contribution in [-0.2, 0) is 4.79 Å². The van der Waals surface area contributed by atoms with E-state index in [2.05, 4.69) is 21.2 Å². The van der Waals surface area contributed by atoms with Gasteiger partial charge in [-0.15, -0.1) is 0 Å². The Kier molecular flexibility index (Phi) is 5.90. The standard InChI is InChI=1S/C15H19BrFN3O2/c16-11-5-4-10(9-12(11)17)15(22)20-8-2-1-3-13(20)14(21)19-7-6-18/h4-5,9,13H,1-3,6-8,18H2,(H,19,21). The molecule has 7 heteroatoms. The molecule has 2 rings (SSSR count). The van der Waals surface area contributed by atoms with Crippen molar-refractivity contribution in [1.29, 1.82) is 0 Å². The van der Waals surface area contributed by atoms with Crippen molar-refractivity contribution in [3.63, 3.8) is 0 Å². The highest BCUT2D eigenvalue weighted by atomic mass is 79.9. The van der Waals surface area contributed by atoms with Crippen LogP contribution in [0.4, 0.5) is 4.39 Å². The van der Waals surface area contributed by atoms with Crippen molar-refractivity contribution in [3.8, 4) is 0 Å². The third-order valence-electron chi connectivity index (χ3n) is 3.68. The third-order valence-corrected chi connectivity index (χ3v) is 4.32. The fourth-order valence-corrected chi connectivity index (χ4v) is 2.80. The van der Waals surface area contributed by atoms with Gasteiger partial charge in [0.25, 0.3) is 5.91 Å². The number of likely N-dealkylation sites (tertiary alicyclic amines) is 1. The highest BCUT2D eigenvalue weighted by Crippen LogP contribution is 2.22. The van der Waals surface area contributed by atoms with Gasteiger partial charge in [0.2, 0.25) is 5.91 Å². The summed E-state index contributed by atoms with van der Waals surface area (Å²) in [7, 11) is 0. The lowest BCUT2D eigenvalue weighted by Gasteiger charge is -2.34. The van der Waals surface area contributed by atoms with Gasteiger partial charge in [-0.3, -0.25) is 9.59 Å². The van der Waals surface area contributed by atoms with E-state index in [-0.39, 0.29) is 17.4 Å². The van der Waals surface area contributed by atoms with Gasteiger partial charge in [-0.05, 0) is 53.4 Å². The van der Waals surface area contributed by atoms with E-state index < -0.39 is 11.9 Å². The fourth-order valence-electron chi connectivity index (χ4n) is 2.56. The Morgan fingerprint density at radius 3 is 2.86 bits per heavy atom. The summed E-state index contributed by atoms with van der Waals surface area (Å²) in [4.78, 5) is 26.3. The van der Waals surface area contributed by atoms with E-state index in [0.29, 0.717) is 30.5 Å². The summed E-state index contributed by atoms with van der Waals surface area (Å²) >= 11 is 3.06. The molecule has 2 amide bonds. The molecule has 0 aliphatic carbocycles. The van der Waals surface area contributed by atoms with Crippen LogP contribution in [0.2, 0.25) is 0 Å². The average Bonchev–Trinajstić information content (AvgIpc) is 2.54. The SMILES string of the molecule is NCCNC(=O)C1CCCCN1C(=O)c1ccc(Br)c(F)c1. The Hall–Kier alpha value is -1.47. The molecule has 1 atom stereocenters. The van der Waals surface area contributed by atoms with Crippen molar-refractivity contribution in [2.24, 2.45) is 5.73 Å². The number of piperidine rings is 1. The summed E-state index contributed by atoms with van der Waals surface area (Å²) in [6.45, 7) is 1.23. The second-order valence-electron chi connectivity index (χ2n) is 5.22. The number of carbonyl (C=O) groups excluding carboxylic acids is 2. The second-order valence-corrected chi connectivity index (χ2v) is 6.07. The topological polar surface area (TPSA) is 75.4 Å². The maximum atomic E-state index is 13.6. The van der Waals surface area contributed by atoms with Gasteiger partial charge >= 0.3 is 0 Å². The van der Waals surface area contributed by atoms with Crippen LogP contribution in [0.5, 0.6) is 0 Å². The van der Waals surface area contributed by atoms with Crippen LogP contribution in [0.1, 0.15) is 29.6 Å². The van der Waals surface area contributed by atoms with Crippen LogP contribution in [0.15, 0.2) is 22.7 Å². The number of hydrogen-bond donors (Lipinski definition) is 2. The van der Waals surface area contributed by atoms with Gasteiger partial charge in [0.05, 0.1) is 4.47 Å². The lowest BCUT2D eigenvalue weighted by molar-refractivity contribution is -0.126. The van der Waals surface area contributed by atoms with Crippen molar-refractivity contribution < 1.29 is 14.0 Å². The average molecular weight is 372 g/mol. The van der Waals surface area contributed by atoms with Crippen LogP contribution >= 0.6 is 15.9 Å². The third kappa shape index (κ3) is 3.84. The number of amides is 2. The van der Waals surface area contributed by atoms with Crippen LogP contribution in [-0.4, -0.2) is 42.4 Å². The maximum absolute atomic E-state index is 13.6. The van der Waals surface area contributed by atoms with E-state index in [1.54, 1.807) is 6.07 Å². The normalized spacial score (nSPS) is 18.1. The molecule has 0 saturated carbocycles. The van der Waals surface area contributed by atoms with Crippen LogP contribution in [0, 0.1) is 5.82 Å². The first kappa shape index (κ1) is 16.9. The zero-order valence-corrected chi connectivity index (χ0v) is 13.7. The van der Waals surface area contributed by atoms with E-state index in [1.165, 1.54) is 17.0 Å². The summed E-state index contributed by atoms with van der Waals surface area (Å²) in [5, 5.41) is 2.72. The summed E-state index contributed by atoms with van der Waals surface area (Å²) in [6.07, 6.45) is 2.34. The molecule has 1 aromatic carbocycles. The summed E-state index contributed by atoms with van der Waals surface area (Å²) < 4.78 is 13.9. The monoisotopic (exact) mass is 371 g/mol. The Bertz CT molecular complexity index is 568. The fraction of sp³-hybridized carbons (Fsp3) is 0.467. The van der Waals surface area contributed by atoms with Gasteiger partial charge in [-0.25, -0.2) is 4.39 Å². The molecule has 1 aliphatic heterocycles. The van der Waals surface area contributed by atoms with Crippen molar-refractivity contribution in [2.75, 3.05) is 19.6 Å². The van der Waals surface area contributed by atoms with Crippen LogP contribution in [0.25, 0.3) is 0 Å². The predicted molar refractivity (Wildman–Crippen MR) is 84.8 cm³/mol. The number of nitrogens with zero attached hydrogens (tertiary/aromatic N) is 1. The molecule has 1 heterocycles. The van der Waals surface area contributed by atoms with E-state index in [1.807, 2.05) is 0 Å². The lowest BCUT2D eigenvalue weighted by atomic mass is 10.00. The van der Waals surface area contributed by atoms with Crippen molar-refractivity contribution >= 4 is 27.7 Å². The Labute approximate surface area is 137 Å². The smallest absolute Gasteiger partial charge is 0.254 e. The molecular weight excluding hydrogens is 353 g/mol. The molecule has 5 nitrogen and oxygen atoms in total. The zero-order chi connectivity index (χ0) is 16.1. The number of nitrogens with two attached hydrogens (primary N) is 1. The zero-order valence-electron chi connectivity index (χ0n) is 12.1. The Morgan fingerprint density at radius 1 is 1.41 bits per heavy atom. The summed E-state index contributed by atoms with van der Waals surface area (Å²) in [5.41, 5.74) is 5.63. The first-order chi connectivity index (χ1) is 10.5. The highest BCUT2D eigenvalue weighted by molar-refractivity contribution is 9.10. The number of carbonyl (C=O) groups is 2. The molecule has 120 valence electrons. The number of nitrogens with one attached hydrogen (secondary N) is 1. The highest BCUT2D eigenvalue weighted by Gasteiger charge is 2.32. The number of hydrogen-bond acceptors (Lipinski definition) is 3. The van der Waals surface area contributed by atoms with Gasteiger partial charge in [0.15, 0.2) is 0 Å². The first-order valence-electron chi connectivity index (χ1n) is 7.28. The van der Waals surface area contributed by atoms with Crippen LogP contribution < -0.4 is 11.1 Å². The van der Waals surface area contributed by atoms with Gasteiger partial charge in [0, 0.05) is 25.2 Å². The Balaban J connectivity index is 2.17. The molecule has 1 fully saturated rings. The first-order valence-corrected chi connectivity index (χ1v) is 8.07. The van der Waals surface area contributed by atoms with Crippen LogP contribution in [0.3, 0.4) is 0 Å². The molecule has 0 aromatic heterocycles.